The molecule has 0 aromatic heterocycles. The summed E-state index contributed by atoms with van der Waals surface area (Å²) < 4.78 is 0. The maximum absolute atomic E-state index is 12.9. The van der Waals surface area contributed by atoms with E-state index in [1.165, 1.54) is 32.1 Å². The van der Waals surface area contributed by atoms with Gasteiger partial charge in [0.15, 0.2) is 0 Å². The Balaban J connectivity index is 1.29. The average molecular weight is 715 g/mol. The molecule has 2 aromatic rings. The molecule has 2 aliphatic heterocycles. The second-order valence-corrected chi connectivity index (χ2v) is 14.0. The fourth-order valence-corrected chi connectivity index (χ4v) is 6.90. The van der Waals surface area contributed by atoms with Crippen molar-refractivity contribution in [1.29, 1.82) is 0 Å². The highest BCUT2D eigenvalue weighted by Crippen LogP contribution is 2.24. The molecule has 0 fully saturated rings. The lowest BCUT2D eigenvalue weighted by atomic mass is 10.1. The fraction of sp³-hybridized carbons (Fsp3) is 0.524. The molecule has 2 heterocycles. The van der Waals surface area contributed by atoms with Crippen LogP contribution in [0.1, 0.15) is 119 Å². The lowest BCUT2D eigenvalue weighted by molar-refractivity contribution is 0.0464. The summed E-state index contributed by atoms with van der Waals surface area (Å²) in [7, 11) is 0. The number of unbranched alkanes of at least 4 members (excludes halogenated alkanes) is 7. The zero-order valence-electron chi connectivity index (χ0n) is 31.1. The van der Waals surface area contributed by atoms with Gasteiger partial charge >= 0.3 is 0 Å². The SMILES string of the molecule is CC/C=C\CN(CCCCN(C/C=C/CCCCCCCC)CC(O)CN1C(=O)c2ccccc2C1=O)CC(O)CN1C(=O)c2ccccc2C1=O. The van der Waals surface area contributed by atoms with Crippen LogP contribution in [0.3, 0.4) is 0 Å². The van der Waals surface area contributed by atoms with E-state index >= 15 is 0 Å². The van der Waals surface area contributed by atoms with Crippen molar-refractivity contribution in [3.05, 3.63) is 95.1 Å². The number of carbonyl (C=O) groups is 4. The highest BCUT2D eigenvalue weighted by atomic mass is 16.3. The van der Waals surface area contributed by atoms with Gasteiger partial charge < -0.3 is 10.2 Å². The number of aliphatic hydroxyl groups is 2. The standard InChI is InChI=1S/C42H58N4O6/c1-3-5-7-8-9-10-11-12-18-26-44(30-34(48)32-46-41(51)37-23-15-16-24-38(37)42(46)52)28-20-19-27-43(25-17-6-4-2)29-33(47)31-45-39(49)35-21-13-14-22-36(35)40(45)50/h6,12-18,21-24,33-34,47-48H,3-5,7-11,19-20,25-32H2,1-2H3/b17-6-,18-12+. The molecule has 2 unspecified atom stereocenters. The smallest absolute Gasteiger partial charge is 0.261 e. The van der Waals surface area contributed by atoms with Crippen molar-refractivity contribution < 1.29 is 29.4 Å². The van der Waals surface area contributed by atoms with Gasteiger partial charge in [0.25, 0.3) is 23.6 Å². The van der Waals surface area contributed by atoms with Gasteiger partial charge in [-0.3, -0.25) is 38.8 Å². The summed E-state index contributed by atoms with van der Waals surface area (Å²) in [6, 6.07) is 13.5. The monoisotopic (exact) mass is 714 g/mol. The van der Waals surface area contributed by atoms with Crippen LogP contribution >= 0.6 is 0 Å². The number of carbonyl (C=O) groups excluding carboxylic acids is 4. The first-order valence-electron chi connectivity index (χ1n) is 19.3. The minimum absolute atomic E-state index is 0.0626. The third-order valence-corrected chi connectivity index (χ3v) is 9.70. The molecular weight excluding hydrogens is 656 g/mol. The van der Waals surface area contributed by atoms with Crippen molar-refractivity contribution in [2.45, 2.75) is 90.3 Å². The maximum Gasteiger partial charge on any atom is 0.261 e. The molecule has 0 saturated heterocycles. The van der Waals surface area contributed by atoms with Gasteiger partial charge in [0.05, 0.1) is 47.6 Å². The minimum Gasteiger partial charge on any atom is -0.390 e. The second kappa shape index (κ2) is 21.5. The molecule has 2 aliphatic rings. The third-order valence-electron chi connectivity index (χ3n) is 9.70. The quantitative estimate of drug-likeness (QED) is 0.0735. The van der Waals surface area contributed by atoms with Gasteiger partial charge in [0, 0.05) is 26.2 Å². The predicted molar refractivity (Wildman–Crippen MR) is 204 cm³/mol. The van der Waals surface area contributed by atoms with Crippen molar-refractivity contribution in [3.8, 4) is 0 Å². The van der Waals surface area contributed by atoms with Crippen molar-refractivity contribution in [1.82, 2.24) is 19.6 Å². The number of β-amino-alcohol motifs (C(OH)–C–C–N with tert-alkyl or cyclic N) is 2. The largest absolute Gasteiger partial charge is 0.390 e. The van der Waals surface area contributed by atoms with E-state index in [0.717, 1.165) is 41.9 Å². The number of rotatable bonds is 25. The zero-order chi connectivity index (χ0) is 37.3. The van der Waals surface area contributed by atoms with Crippen LogP contribution in [0.4, 0.5) is 0 Å². The summed E-state index contributed by atoms with van der Waals surface area (Å²) in [5.74, 6) is -1.48. The molecule has 282 valence electrons. The molecule has 0 bridgehead atoms. The number of allylic oxidation sites excluding steroid dienone is 2. The van der Waals surface area contributed by atoms with Crippen LogP contribution in [0.2, 0.25) is 0 Å². The van der Waals surface area contributed by atoms with Gasteiger partial charge in [0.2, 0.25) is 0 Å². The highest BCUT2D eigenvalue weighted by molar-refractivity contribution is 6.22. The Morgan fingerprint density at radius 2 is 0.962 bits per heavy atom. The van der Waals surface area contributed by atoms with E-state index in [1.54, 1.807) is 48.5 Å². The number of fused-ring (bicyclic) bond motifs is 2. The molecule has 4 rings (SSSR count). The topological polar surface area (TPSA) is 122 Å². The third kappa shape index (κ3) is 11.8. The van der Waals surface area contributed by atoms with Crippen LogP contribution in [-0.4, -0.2) is 118 Å². The first kappa shape index (κ1) is 40.8. The first-order valence-corrected chi connectivity index (χ1v) is 19.3. The van der Waals surface area contributed by atoms with Gasteiger partial charge in [-0.2, -0.15) is 0 Å². The zero-order valence-corrected chi connectivity index (χ0v) is 31.1. The van der Waals surface area contributed by atoms with Crippen molar-refractivity contribution in [2.24, 2.45) is 0 Å². The van der Waals surface area contributed by atoms with E-state index in [9.17, 15) is 29.4 Å². The number of hydrogen-bond acceptors (Lipinski definition) is 8. The van der Waals surface area contributed by atoms with Gasteiger partial charge in [-0.1, -0.05) is 94.5 Å². The van der Waals surface area contributed by atoms with Crippen LogP contribution in [0.15, 0.2) is 72.8 Å². The molecular formula is C42H58N4O6. The Bertz CT molecular complexity index is 1470. The summed E-state index contributed by atoms with van der Waals surface area (Å²) in [6.45, 7) is 7.48. The molecule has 2 N–H and O–H groups in total. The molecule has 2 aromatic carbocycles. The number of hydrogen-bond donors (Lipinski definition) is 2. The molecule has 2 atom stereocenters. The molecule has 0 spiro atoms. The van der Waals surface area contributed by atoms with Crippen LogP contribution in [0.25, 0.3) is 0 Å². The molecule has 10 heteroatoms. The normalized spacial score (nSPS) is 15.7. The van der Waals surface area contributed by atoms with Gasteiger partial charge in [-0.25, -0.2) is 0 Å². The Labute approximate surface area is 309 Å². The average Bonchev–Trinajstić information content (AvgIpc) is 3.52. The fourth-order valence-electron chi connectivity index (χ4n) is 6.90. The van der Waals surface area contributed by atoms with Crippen molar-refractivity contribution in [2.75, 3.05) is 52.4 Å². The number of aliphatic hydroxyl groups excluding tert-OH is 2. The van der Waals surface area contributed by atoms with Gasteiger partial charge in [0.1, 0.15) is 0 Å². The van der Waals surface area contributed by atoms with Crippen LogP contribution in [-0.2, 0) is 0 Å². The van der Waals surface area contributed by atoms with Crippen molar-refractivity contribution in [3.63, 3.8) is 0 Å². The number of imide groups is 2. The second-order valence-electron chi connectivity index (χ2n) is 14.0. The Morgan fingerprint density at radius 3 is 1.38 bits per heavy atom. The van der Waals surface area contributed by atoms with E-state index in [-0.39, 0.29) is 36.7 Å². The Morgan fingerprint density at radius 1 is 0.558 bits per heavy atom. The van der Waals surface area contributed by atoms with Crippen LogP contribution in [0.5, 0.6) is 0 Å². The molecule has 0 aliphatic carbocycles. The summed E-state index contributed by atoms with van der Waals surface area (Å²) >= 11 is 0. The predicted octanol–water partition coefficient (Wildman–Crippen LogP) is 5.96. The lowest BCUT2D eigenvalue weighted by Crippen LogP contribution is -2.43. The molecule has 4 amide bonds. The number of amides is 4. The maximum atomic E-state index is 12.9. The van der Waals surface area contributed by atoms with Gasteiger partial charge in [-0.15, -0.1) is 0 Å². The molecule has 0 saturated carbocycles. The van der Waals surface area contributed by atoms with Crippen LogP contribution < -0.4 is 0 Å². The van der Waals surface area contributed by atoms with E-state index in [1.807, 2.05) is 0 Å². The summed E-state index contributed by atoms with van der Waals surface area (Å²) in [5, 5.41) is 22.1. The van der Waals surface area contributed by atoms with Crippen LogP contribution in [0, 0.1) is 0 Å². The van der Waals surface area contributed by atoms with E-state index < -0.39 is 12.2 Å². The first-order chi connectivity index (χ1) is 25.2. The van der Waals surface area contributed by atoms with Crippen molar-refractivity contribution >= 4 is 23.6 Å². The Kier molecular flexibility index (Phi) is 16.9. The minimum atomic E-state index is -0.901. The highest BCUT2D eigenvalue weighted by Gasteiger charge is 2.37. The van der Waals surface area contributed by atoms with E-state index in [0.29, 0.717) is 61.5 Å². The lowest BCUT2D eigenvalue weighted by Gasteiger charge is -2.28. The van der Waals surface area contributed by atoms with E-state index in [2.05, 4.69) is 48.0 Å². The molecule has 52 heavy (non-hydrogen) atoms. The summed E-state index contributed by atoms with van der Waals surface area (Å²) in [4.78, 5) is 58.1. The Hall–Kier alpha value is -3.96. The molecule has 10 nitrogen and oxygen atoms in total. The summed E-state index contributed by atoms with van der Waals surface area (Å²) in [5.41, 5.74) is 1.50. The summed E-state index contributed by atoms with van der Waals surface area (Å²) in [6.07, 6.45) is 17.7. The number of nitrogens with zero attached hydrogens (tertiary/aromatic N) is 4. The number of benzene rings is 2. The van der Waals surface area contributed by atoms with E-state index in [4.69, 9.17) is 0 Å². The molecule has 0 radical (unpaired) electrons. The van der Waals surface area contributed by atoms with Gasteiger partial charge in [-0.05, 0) is 69.5 Å².